The minimum Gasteiger partial charge on any atom is -0.395 e. The summed E-state index contributed by atoms with van der Waals surface area (Å²) in [5, 5.41) is 18.2. The first-order valence-electron chi connectivity index (χ1n) is 5.75. The molecule has 3 nitrogen and oxygen atoms in total. The third kappa shape index (κ3) is 4.39. The Morgan fingerprint density at radius 3 is 2.53 bits per heavy atom. The number of nitrogens with zero attached hydrogens (tertiary/aromatic N) is 1. The molecule has 96 valence electrons. The standard InChI is InChI=1S/C13H20BrNO2/c1-10-3-4-12(14)7-11(10)5-6-15(2)13(8-16)9-17/h3-4,7,13,16-17H,5-6,8-9H2,1-2H3. The van der Waals surface area contributed by atoms with Crippen molar-refractivity contribution in [2.24, 2.45) is 0 Å². The lowest BCUT2D eigenvalue weighted by Crippen LogP contribution is -2.38. The highest BCUT2D eigenvalue weighted by molar-refractivity contribution is 9.10. The van der Waals surface area contributed by atoms with Crippen molar-refractivity contribution in [3.63, 3.8) is 0 Å². The average Bonchev–Trinajstić information content (AvgIpc) is 2.32. The van der Waals surface area contributed by atoms with E-state index in [1.807, 2.05) is 18.0 Å². The molecule has 0 saturated carbocycles. The van der Waals surface area contributed by atoms with Crippen molar-refractivity contribution in [2.45, 2.75) is 19.4 Å². The predicted molar refractivity (Wildman–Crippen MR) is 73.2 cm³/mol. The molecule has 1 aromatic carbocycles. The zero-order valence-corrected chi connectivity index (χ0v) is 11.9. The van der Waals surface area contributed by atoms with E-state index in [1.165, 1.54) is 11.1 Å². The number of aliphatic hydroxyl groups is 2. The van der Waals surface area contributed by atoms with Crippen LogP contribution in [-0.4, -0.2) is 48.0 Å². The smallest absolute Gasteiger partial charge is 0.0609 e. The highest BCUT2D eigenvalue weighted by atomic mass is 79.9. The fourth-order valence-electron chi connectivity index (χ4n) is 1.73. The fraction of sp³-hybridized carbons (Fsp3) is 0.538. The van der Waals surface area contributed by atoms with Crippen molar-refractivity contribution in [2.75, 3.05) is 26.8 Å². The second kappa shape index (κ2) is 7.11. The number of aliphatic hydroxyl groups excluding tert-OH is 2. The maximum Gasteiger partial charge on any atom is 0.0609 e. The molecule has 0 spiro atoms. The van der Waals surface area contributed by atoms with Gasteiger partial charge in [-0.3, -0.25) is 4.90 Å². The van der Waals surface area contributed by atoms with Crippen molar-refractivity contribution >= 4 is 15.9 Å². The van der Waals surface area contributed by atoms with Crippen LogP contribution in [0, 0.1) is 6.92 Å². The molecule has 0 atom stereocenters. The lowest BCUT2D eigenvalue weighted by atomic mass is 10.1. The van der Waals surface area contributed by atoms with Gasteiger partial charge in [0.25, 0.3) is 0 Å². The van der Waals surface area contributed by atoms with Crippen LogP contribution in [0.2, 0.25) is 0 Å². The molecule has 0 amide bonds. The van der Waals surface area contributed by atoms with Gasteiger partial charge in [-0.05, 0) is 43.7 Å². The first-order chi connectivity index (χ1) is 8.08. The van der Waals surface area contributed by atoms with Gasteiger partial charge in [0.15, 0.2) is 0 Å². The van der Waals surface area contributed by atoms with E-state index in [1.54, 1.807) is 0 Å². The van der Waals surface area contributed by atoms with Gasteiger partial charge in [0.05, 0.1) is 19.3 Å². The number of aryl methyl sites for hydroxylation is 1. The number of benzene rings is 1. The van der Waals surface area contributed by atoms with E-state index in [9.17, 15) is 0 Å². The van der Waals surface area contributed by atoms with Crippen LogP contribution in [0.1, 0.15) is 11.1 Å². The van der Waals surface area contributed by atoms with Crippen LogP contribution in [-0.2, 0) is 6.42 Å². The minimum absolute atomic E-state index is 0.00946. The second-order valence-corrected chi connectivity index (χ2v) is 5.24. The molecule has 1 rings (SSSR count). The maximum absolute atomic E-state index is 9.08. The van der Waals surface area contributed by atoms with Crippen LogP contribution in [0.4, 0.5) is 0 Å². The largest absolute Gasteiger partial charge is 0.395 e. The number of rotatable bonds is 6. The lowest BCUT2D eigenvalue weighted by Gasteiger charge is -2.24. The van der Waals surface area contributed by atoms with E-state index in [2.05, 4.69) is 35.0 Å². The van der Waals surface area contributed by atoms with Crippen molar-refractivity contribution in [3.8, 4) is 0 Å². The lowest BCUT2D eigenvalue weighted by molar-refractivity contribution is 0.0925. The fourth-order valence-corrected chi connectivity index (χ4v) is 2.13. The van der Waals surface area contributed by atoms with Crippen LogP contribution in [0.15, 0.2) is 22.7 Å². The molecule has 2 N–H and O–H groups in total. The molecular formula is C13H20BrNO2. The normalized spacial score (nSPS) is 11.5. The van der Waals surface area contributed by atoms with E-state index in [4.69, 9.17) is 10.2 Å². The Balaban J connectivity index is 2.57. The van der Waals surface area contributed by atoms with Gasteiger partial charge < -0.3 is 10.2 Å². The third-order valence-corrected chi connectivity index (χ3v) is 3.58. The second-order valence-electron chi connectivity index (χ2n) is 4.32. The number of likely N-dealkylation sites (N-methyl/N-ethyl adjacent to an activating group) is 1. The first kappa shape index (κ1) is 14.6. The van der Waals surface area contributed by atoms with Gasteiger partial charge in [-0.25, -0.2) is 0 Å². The Morgan fingerprint density at radius 1 is 1.29 bits per heavy atom. The summed E-state index contributed by atoms with van der Waals surface area (Å²) in [5.74, 6) is 0. The monoisotopic (exact) mass is 301 g/mol. The van der Waals surface area contributed by atoms with Crippen LogP contribution < -0.4 is 0 Å². The van der Waals surface area contributed by atoms with Crippen molar-refractivity contribution in [1.82, 2.24) is 4.90 Å². The molecule has 1 aromatic rings. The number of hydrogen-bond donors (Lipinski definition) is 2. The molecule has 17 heavy (non-hydrogen) atoms. The Morgan fingerprint density at radius 2 is 1.94 bits per heavy atom. The summed E-state index contributed by atoms with van der Waals surface area (Å²) in [6.07, 6.45) is 0.915. The Bertz CT molecular complexity index is 353. The van der Waals surface area contributed by atoms with E-state index in [0.29, 0.717) is 0 Å². The molecule has 4 heteroatoms. The topological polar surface area (TPSA) is 43.7 Å². The summed E-state index contributed by atoms with van der Waals surface area (Å²) in [5.41, 5.74) is 2.56. The SMILES string of the molecule is Cc1ccc(Br)cc1CCN(C)C(CO)CO. The van der Waals surface area contributed by atoms with E-state index >= 15 is 0 Å². The molecule has 0 saturated heterocycles. The summed E-state index contributed by atoms with van der Waals surface area (Å²) in [4.78, 5) is 1.99. The summed E-state index contributed by atoms with van der Waals surface area (Å²) in [7, 11) is 1.92. The first-order valence-corrected chi connectivity index (χ1v) is 6.54. The zero-order chi connectivity index (χ0) is 12.8. The molecule has 0 heterocycles. The summed E-state index contributed by atoms with van der Waals surface area (Å²) >= 11 is 3.47. The highest BCUT2D eigenvalue weighted by Crippen LogP contribution is 2.16. The van der Waals surface area contributed by atoms with Crippen LogP contribution in [0.5, 0.6) is 0 Å². The van der Waals surface area contributed by atoms with Crippen molar-refractivity contribution in [1.29, 1.82) is 0 Å². The van der Waals surface area contributed by atoms with Gasteiger partial charge in [-0.1, -0.05) is 22.0 Å². The molecule has 0 bridgehead atoms. The summed E-state index contributed by atoms with van der Waals surface area (Å²) in [6.45, 7) is 2.90. The molecular weight excluding hydrogens is 282 g/mol. The van der Waals surface area contributed by atoms with E-state index in [0.717, 1.165) is 17.4 Å². The Hall–Kier alpha value is -0.420. The summed E-state index contributed by atoms with van der Waals surface area (Å²) in [6, 6.07) is 6.08. The molecule has 0 aliphatic rings. The zero-order valence-electron chi connectivity index (χ0n) is 10.4. The van der Waals surface area contributed by atoms with Gasteiger partial charge in [-0.15, -0.1) is 0 Å². The molecule has 0 unspecified atom stereocenters. The van der Waals surface area contributed by atoms with E-state index < -0.39 is 0 Å². The van der Waals surface area contributed by atoms with Gasteiger partial charge in [0.1, 0.15) is 0 Å². The van der Waals surface area contributed by atoms with Gasteiger partial charge in [0.2, 0.25) is 0 Å². The predicted octanol–water partition coefficient (Wildman–Crippen LogP) is 1.59. The van der Waals surface area contributed by atoms with Crippen LogP contribution >= 0.6 is 15.9 Å². The maximum atomic E-state index is 9.08. The number of halogens is 1. The highest BCUT2D eigenvalue weighted by Gasteiger charge is 2.12. The Kier molecular flexibility index (Phi) is 6.12. The molecule has 0 aliphatic heterocycles. The van der Waals surface area contributed by atoms with Gasteiger partial charge in [0, 0.05) is 11.0 Å². The molecule has 0 aromatic heterocycles. The molecule has 0 aliphatic carbocycles. The third-order valence-electron chi connectivity index (χ3n) is 3.09. The van der Waals surface area contributed by atoms with Gasteiger partial charge >= 0.3 is 0 Å². The quantitative estimate of drug-likeness (QED) is 0.838. The molecule has 0 fully saturated rings. The molecule has 0 radical (unpaired) electrons. The van der Waals surface area contributed by atoms with Crippen LogP contribution in [0.3, 0.4) is 0 Å². The minimum atomic E-state index is -0.164. The summed E-state index contributed by atoms with van der Waals surface area (Å²) < 4.78 is 1.08. The average molecular weight is 302 g/mol. The Labute approximate surface area is 111 Å². The van der Waals surface area contributed by atoms with E-state index in [-0.39, 0.29) is 19.3 Å². The number of hydrogen-bond acceptors (Lipinski definition) is 3. The van der Waals surface area contributed by atoms with Crippen molar-refractivity contribution in [3.05, 3.63) is 33.8 Å². The van der Waals surface area contributed by atoms with Gasteiger partial charge in [-0.2, -0.15) is 0 Å². The van der Waals surface area contributed by atoms with Crippen LogP contribution in [0.25, 0.3) is 0 Å². The van der Waals surface area contributed by atoms with Crippen molar-refractivity contribution < 1.29 is 10.2 Å².